The van der Waals surface area contributed by atoms with Crippen molar-refractivity contribution in [2.45, 2.75) is 25.4 Å². The van der Waals surface area contributed by atoms with Gasteiger partial charge in [0.1, 0.15) is 11.6 Å². The Kier molecular flexibility index (Phi) is 7.96. The van der Waals surface area contributed by atoms with Crippen molar-refractivity contribution in [3.8, 4) is 6.07 Å². The monoisotopic (exact) mass is 342 g/mol. The first kappa shape index (κ1) is 19.0. The van der Waals surface area contributed by atoms with Crippen molar-refractivity contribution in [1.29, 1.82) is 5.26 Å². The van der Waals surface area contributed by atoms with E-state index < -0.39 is 0 Å². The summed E-state index contributed by atoms with van der Waals surface area (Å²) in [6.07, 6.45) is 3.53. The molecule has 2 rings (SSSR count). The van der Waals surface area contributed by atoms with Crippen LogP contribution in [-0.2, 0) is 16.1 Å². The van der Waals surface area contributed by atoms with Crippen LogP contribution < -0.4 is 10.6 Å². The van der Waals surface area contributed by atoms with Crippen LogP contribution in [0, 0.1) is 11.3 Å². The van der Waals surface area contributed by atoms with Gasteiger partial charge >= 0.3 is 0 Å². The van der Waals surface area contributed by atoms with Gasteiger partial charge in [-0.3, -0.25) is 9.69 Å². The molecule has 0 spiro atoms. The Morgan fingerprint density at radius 2 is 2.08 bits per heavy atom. The van der Waals surface area contributed by atoms with E-state index >= 15 is 0 Å². The Morgan fingerprint density at radius 3 is 2.72 bits per heavy atom. The summed E-state index contributed by atoms with van der Waals surface area (Å²) in [7, 11) is 1.57. The van der Waals surface area contributed by atoms with E-state index in [1.54, 1.807) is 13.3 Å². The van der Waals surface area contributed by atoms with Gasteiger partial charge in [0.05, 0.1) is 6.61 Å². The number of amides is 1. The molecule has 0 atom stereocenters. The van der Waals surface area contributed by atoms with Crippen LogP contribution in [0.3, 0.4) is 0 Å². The highest BCUT2D eigenvalue weighted by Gasteiger charge is 2.18. The number of hydrogen-bond acceptors (Lipinski definition) is 5. The molecule has 134 valence electrons. The van der Waals surface area contributed by atoms with Gasteiger partial charge in [0, 0.05) is 45.5 Å². The minimum absolute atomic E-state index is 0.0998. The summed E-state index contributed by atoms with van der Waals surface area (Å²) in [5.41, 5.74) is 1.43. The second-order valence-electron chi connectivity index (χ2n) is 6.12. The molecule has 1 saturated heterocycles. The molecule has 6 heteroatoms. The number of rotatable bonds is 8. The van der Waals surface area contributed by atoms with E-state index in [1.165, 1.54) is 5.56 Å². The van der Waals surface area contributed by atoms with E-state index in [0.717, 1.165) is 32.5 Å². The van der Waals surface area contributed by atoms with Crippen molar-refractivity contribution in [2.75, 3.05) is 33.4 Å². The molecule has 1 fully saturated rings. The van der Waals surface area contributed by atoms with Crippen LogP contribution in [0.25, 0.3) is 0 Å². The maximum atomic E-state index is 11.9. The number of hydrogen-bond donors (Lipinski definition) is 2. The molecule has 2 N–H and O–H groups in total. The lowest BCUT2D eigenvalue weighted by molar-refractivity contribution is -0.117. The predicted molar refractivity (Wildman–Crippen MR) is 96.5 cm³/mol. The quantitative estimate of drug-likeness (QED) is 0.424. The summed E-state index contributed by atoms with van der Waals surface area (Å²) in [5, 5.41) is 15.0. The molecule has 1 aliphatic heterocycles. The Bertz CT molecular complexity index is 602. The average Bonchev–Trinajstić information content (AvgIpc) is 2.64. The van der Waals surface area contributed by atoms with Crippen molar-refractivity contribution < 1.29 is 9.53 Å². The van der Waals surface area contributed by atoms with Crippen LogP contribution >= 0.6 is 0 Å². The molecule has 1 aromatic carbocycles. The van der Waals surface area contributed by atoms with Crippen molar-refractivity contribution in [1.82, 2.24) is 15.5 Å². The van der Waals surface area contributed by atoms with Gasteiger partial charge in [-0.15, -0.1) is 0 Å². The summed E-state index contributed by atoms with van der Waals surface area (Å²) in [5.74, 6) is -0.367. The van der Waals surface area contributed by atoms with Gasteiger partial charge < -0.3 is 15.4 Å². The Hall–Kier alpha value is -2.36. The number of ether oxygens (including phenoxy) is 1. The van der Waals surface area contributed by atoms with Gasteiger partial charge in [0.2, 0.25) is 0 Å². The number of nitrogens with one attached hydrogen (secondary N) is 2. The normalized spacial score (nSPS) is 16.2. The largest absolute Gasteiger partial charge is 0.387 e. The number of nitrogens with zero attached hydrogens (tertiary/aromatic N) is 2. The number of carbonyl (C=O) groups excluding carboxylic acids is 1. The zero-order valence-corrected chi connectivity index (χ0v) is 14.7. The summed E-state index contributed by atoms with van der Waals surface area (Å²) in [6.45, 7) is 3.80. The summed E-state index contributed by atoms with van der Waals surface area (Å²) in [4.78, 5) is 14.3. The highest BCUT2D eigenvalue weighted by molar-refractivity contribution is 5.97. The highest BCUT2D eigenvalue weighted by atomic mass is 16.5. The van der Waals surface area contributed by atoms with E-state index in [9.17, 15) is 4.79 Å². The SMILES string of the molecule is COCCNC(=O)/C(C#N)=C\NC1CCN(Cc2ccccc2)CC1. The topological polar surface area (TPSA) is 77.4 Å². The highest BCUT2D eigenvalue weighted by Crippen LogP contribution is 2.14. The Morgan fingerprint density at radius 1 is 1.36 bits per heavy atom. The van der Waals surface area contributed by atoms with Gasteiger partial charge in [0.15, 0.2) is 0 Å². The van der Waals surface area contributed by atoms with Gasteiger partial charge in [-0.05, 0) is 18.4 Å². The summed E-state index contributed by atoms with van der Waals surface area (Å²) >= 11 is 0. The molecular weight excluding hydrogens is 316 g/mol. The number of nitriles is 1. The zero-order valence-electron chi connectivity index (χ0n) is 14.7. The number of piperidine rings is 1. The van der Waals surface area contributed by atoms with Crippen molar-refractivity contribution >= 4 is 5.91 Å². The Labute approximate surface area is 149 Å². The van der Waals surface area contributed by atoms with Crippen LogP contribution in [0.4, 0.5) is 0 Å². The lowest BCUT2D eigenvalue weighted by Gasteiger charge is -2.32. The van der Waals surface area contributed by atoms with Crippen LogP contribution in [0.1, 0.15) is 18.4 Å². The van der Waals surface area contributed by atoms with Gasteiger partial charge in [-0.2, -0.15) is 5.26 Å². The first-order chi connectivity index (χ1) is 12.2. The second-order valence-corrected chi connectivity index (χ2v) is 6.12. The minimum atomic E-state index is -0.367. The summed E-state index contributed by atoms with van der Waals surface area (Å²) in [6, 6.07) is 12.7. The van der Waals surface area contributed by atoms with Gasteiger partial charge in [0.25, 0.3) is 5.91 Å². The Balaban J connectivity index is 1.75. The van der Waals surface area contributed by atoms with Gasteiger partial charge in [-0.1, -0.05) is 30.3 Å². The van der Waals surface area contributed by atoms with Crippen molar-refractivity contribution in [3.63, 3.8) is 0 Å². The fourth-order valence-corrected chi connectivity index (χ4v) is 2.81. The predicted octanol–water partition coefficient (Wildman–Crippen LogP) is 1.41. The first-order valence-corrected chi connectivity index (χ1v) is 8.62. The fraction of sp³-hybridized carbons (Fsp3) is 0.474. The van der Waals surface area contributed by atoms with E-state index in [1.807, 2.05) is 12.1 Å². The molecule has 0 bridgehead atoms. The van der Waals surface area contributed by atoms with E-state index in [-0.39, 0.29) is 11.5 Å². The lowest BCUT2D eigenvalue weighted by Crippen LogP contribution is -2.40. The smallest absolute Gasteiger partial charge is 0.263 e. The van der Waals surface area contributed by atoms with Crippen molar-refractivity contribution in [2.24, 2.45) is 0 Å². The van der Waals surface area contributed by atoms with Crippen LogP contribution in [0.15, 0.2) is 42.1 Å². The number of benzene rings is 1. The molecule has 0 unspecified atom stereocenters. The molecule has 1 aliphatic rings. The van der Waals surface area contributed by atoms with Crippen molar-refractivity contribution in [3.05, 3.63) is 47.7 Å². The van der Waals surface area contributed by atoms with Crippen LogP contribution in [0.2, 0.25) is 0 Å². The average molecular weight is 342 g/mol. The first-order valence-electron chi connectivity index (χ1n) is 8.62. The third-order valence-electron chi connectivity index (χ3n) is 4.26. The lowest BCUT2D eigenvalue weighted by atomic mass is 10.0. The van der Waals surface area contributed by atoms with E-state index in [2.05, 4.69) is 39.8 Å². The molecular formula is C19H26N4O2. The molecule has 25 heavy (non-hydrogen) atoms. The van der Waals surface area contributed by atoms with Gasteiger partial charge in [-0.25, -0.2) is 0 Å². The molecule has 1 amide bonds. The molecule has 0 aliphatic carbocycles. The van der Waals surface area contributed by atoms with Crippen LogP contribution in [0.5, 0.6) is 0 Å². The zero-order chi connectivity index (χ0) is 17.9. The maximum absolute atomic E-state index is 11.9. The second kappa shape index (κ2) is 10.5. The third-order valence-corrected chi connectivity index (χ3v) is 4.26. The number of carbonyl (C=O) groups is 1. The number of methoxy groups -OCH3 is 1. The molecule has 0 radical (unpaired) electrons. The molecule has 1 heterocycles. The van der Waals surface area contributed by atoms with E-state index in [0.29, 0.717) is 19.2 Å². The third kappa shape index (κ3) is 6.57. The standard InChI is InChI=1S/C19H26N4O2/c1-25-12-9-21-19(24)17(13-20)14-22-18-7-10-23(11-8-18)15-16-5-3-2-4-6-16/h2-6,14,18,22H,7-12,15H2,1H3,(H,21,24)/b17-14-. The minimum Gasteiger partial charge on any atom is -0.387 e. The number of likely N-dealkylation sites (tertiary alicyclic amines) is 1. The summed E-state index contributed by atoms with van der Waals surface area (Å²) < 4.78 is 4.88. The van der Waals surface area contributed by atoms with Crippen LogP contribution in [-0.4, -0.2) is 50.2 Å². The molecule has 0 aromatic heterocycles. The molecule has 6 nitrogen and oxygen atoms in total. The maximum Gasteiger partial charge on any atom is 0.263 e. The molecule has 0 saturated carbocycles. The van der Waals surface area contributed by atoms with E-state index in [4.69, 9.17) is 10.00 Å². The fourth-order valence-electron chi connectivity index (χ4n) is 2.81. The molecule has 1 aromatic rings.